The molecule has 0 spiro atoms. The molecule has 2 N–H and O–H groups in total. The van der Waals surface area contributed by atoms with E-state index in [0.29, 0.717) is 12.0 Å². The van der Waals surface area contributed by atoms with Crippen LogP contribution in [0.15, 0.2) is 0 Å². The third-order valence-electron chi connectivity index (χ3n) is 2.91. The molecule has 0 saturated carbocycles. The van der Waals surface area contributed by atoms with Crippen molar-refractivity contribution < 1.29 is 9.90 Å². The number of carbonyl (C=O) groups is 1. The first-order valence-electron chi connectivity index (χ1n) is 5.68. The van der Waals surface area contributed by atoms with Crippen LogP contribution in [-0.2, 0) is 4.79 Å². The molecule has 0 bridgehead atoms. The number of carboxylic acid groups (broad SMARTS) is 1. The molecule has 0 radical (unpaired) electrons. The van der Waals surface area contributed by atoms with Gasteiger partial charge in [-0.1, -0.05) is 6.92 Å². The summed E-state index contributed by atoms with van der Waals surface area (Å²) in [6.07, 6.45) is 0.218. The molecule has 4 nitrogen and oxygen atoms in total. The molecule has 0 aromatic carbocycles. The van der Waals surface area contributed by atoms with Crippen molar-refractivity contribution in [3.05, 3.63) is 0 Å². The molecule has 15 heavy (non-hydrogen) atoms. The van der Waals surface area contributed by atoms with Gasteiger partial charge in [0.2, 0.25) is 0 Å². The van der Waals surface area contributed by atoms with E-state index in [0.717, 1.165) is 19.6 Å². The van der Waals surface area contributed by atoms with Gasteiger partial charge in [-0.25, -0.2) is 0 Å². The number of hydrogen-bond acceptors (Lipinski definition) is 3. The summed E-state index contributed by atoms with van der Waals surface area (Å²) < 4.78 is 0. The molecular weight excluding hydrogens is 192 g/mol. The van der Waals surface area contributed by atoms with Crippen LogP contribution in [0.2, 0.25) is 0 Å². The second-order valence-corrected chi connectivity index (χ2v) is 4.86. The van der Waals surface area contributed by atoms with Gasteiger partial charge in [0, 0.05) is 25.2 Å². The quantitative estimate of drug-likeness (QED) is 0.729. The Morgan fingerprint density at radius 2 is 2.20 bits per heavy atom. The predicted molar refractivity (Wildman–Crippen MR) is 59.9 cm³/mol. The Balaban J connectivity index is 2.56. The van der Waals surface area contributed by atoms with E-state index in [2.05, 4.69) is 31.0 Å². The number of hydrogen-bond donors (Lipinski definition) is 2. The van der Waals surface area contributed by atoms with Gasteiger partial charge in [-0.2, -0.15) is 0 Å². The summed E-state index contributed by atoms with van der Waals surface area (Å²) in [5, 5.41) is 12.1. The van der Waals surface area contributed by atoms with Crippen LogP contribution in [-0.4, -0.2) is 47.7 Å². The zero-order chi connectivity index (χ0) is 11.4. The van der Waals surface area contributed by atoms with E-state index >= 15 is 0 Å². The molecule has 88 valence electrons. The average molecular weight is 214 g/mol. The van der Waals surface area contributed by atoms with E-state index in [4.69, 9.17) is 5.11 Å². The van der Waals surface area contributed by atoms with Crippen molar-refractivity contribution in [3.8, 4) is 0 Å². The van der Waals surface area contributed by atoms with Crippen LogP contribution in [0.3, 0.4) is 0 Å². The first-order chi connectivity index (χ1) is 6.99. The molecule has 0 aromatic heterocycles. The molecule has 1 heterocycles. The molecule has 1 fully saturated rings. The molecule has 2 unspecified atom stereocenters. The number of nitrogens with one attached hydrogen (secondary N) is 1. The van der Waals surface area contributed by atoms with Crippen molar-refractivity contribution in [2.45, 2.75) is 39.3 Å². The molecule has 0 aliphatic carbocycles. The third kappa shape index (κ3) is 4.18. The zero-order valence-corrected chi connectivity index (χ0v) is 9.86. The number of carboxylic acids is 1. The van der Waals surface area contributed by atoms with Crippen molar-refractivity contribution in [2.24, 2.45) is 5.92 Å². The number of aliphatic carboxylic acids is 1. The highest BCUT2D eigenvalue weighted by Crippen LogP contribution is 2.11. The summed E-state index contributed by atoms with van der Waals surface area (Å²) in [4.78, 5) is 13.0. The summed E-state index contributed by atoms with van der Waals surface area (Å²) in [6.45, 7) is 9.34. The van der Waals surface area contributed by atoms with Crippen LogP contribution in [0.25, 0.3) is 0 Å². The van der Waals surface area contributed by atoms with Gasteiger partial charge in [0.05, 0.1) is 6.42 Å². The van der Waals surface area contributed by atoms with E-state index < -0.39 is 5.97 Å². The van der Waals surface area contributed by atoms with Crippen LogP contribution < -0.4 is 5.32 Å². The van der Waals surface area contributed by atoms with E-state index in [-0.39, 0.29) is 12.5 Å². The van der Waals surface area contributed by atoms with Crippen LogP contribution in [0.4, 0.5) is 0 Å². The topological polar surface area (TPSA) is 52.6 Å². The Bertz CT molecular complexity index is 219. The third-order valence-corrected chi connectivity index (χ3v) is 2.91. The van der Waals surface area contributed by atoms with Crippen LogP contribution in [0.5, 0.6) is 0 Å². The monoisotopic (exact) mass is 214 g/mol. The lowest BCUT2D eigenvalue weighted by Crippen LogP contribution is -2.41. The molecular formula is C11H22N2O2. The van der Waals surface area contributed by atoms with Gasteiger partial charge in [-0.3, -0.25) is 9.69 Å². The highest BCUT2D eigenvalue weighted by molar-refractivity contribution is 5.67. The minimum absolute atomic E-state index is 0.0925. The second kappa shape index (κ2) is 5.47. The Labute approximate surface area is 91.6 Å². The molecule has 1 aliphatic rings. The maximum absolute atomic E-state index is 10.7. The number of rotatable bonds is 3. The van der Waals surface area contributed by atoms with Gasteiger partial charge in [0.15, 0.2) is 0 Å². The van der Waals surface area contributed by atoms with Gasteiger partial charge in [-0.15, -0.1) is 0 Å². The van der Waals surface area contributed by atoms with Crippen molar-refractivity contribution in [2.75, 3.05) is 19.6 Å². The van der Waals surface area contributed by atoms with Gasteiger partial charge in [0.25, 0.3) is 0 Å². The van der Waals surface area contributed by atoms with Crippen LogP contribution in [0, 0.1) is 5.92 Å². The fourth-order valence-electron chi connectivity index (χ4n) is 2.02. The molecule has 1 rings (SSSR count). The molecule has 1 saturated heterocycles. The maximum atomic E-state index is 10.7. The Kier molecular flexibility index (Phi) is 4.54. The molecule has 4 heteroatoms. The summed E-state index contributed by atoms with van der Waals surface area (Å²) in [5.41, 5.74) is 0. The summed E-state index contributed by atoms with van der Waals surface area (Å²) >= 11 is 0. The van der Waals surface area contributed by atoms with E-state index in [9.17, 15) is 4.79 Å². The minimum atomic E-state index is -0.717. The van der Waals surface area contributed by atoms with Crippen molar-refractivity contribution in [1.82, 2.24) is 10.2 Å². The summed E-state index contributed by atoms with van der Waals surface area (Å²) in [7, 11) is 0. The zero-order valence-electron chi connectivity index (χ0n) is 9.86. The van der Waals surface area contributed by atoms with Crippen molar-refractivity contribution in [1.29, 1.82) is 0 Å². The highest BCUT2D eigenvalue weighted by atomic mass is 16.4. The lowest BCUT2D eigenvalue weighted by Gasteiger charge is -2.28. The first-order valence-corrected chi connectivity index (χ1v) is 5.68. The lowest BCUT2D eigenvalue weighted by molar-refractivity contribution is -0.137. The van der Waals surface area contributed by atoms with E-state index in [1.807, 2.05) is 0 Å². The minimum Gasteiger partial charge on any atom is -0.481 e. The molecule has 2 atom stereocenters. The summed E-state index contributed by atoms with van der Waals surface area (Å²) in [6, 6.07) is 0.582. The normalized spacial score (nSPS) is 29.1. The fourth-order valence-corrected chi connectivity index (χ4v) is 2.02. The number of nitrogens with zero attached hydrogens (tertiary/aromatic N) is 1. The Hall–Kier alpha value is -0.610. The Morgan fingerprint density at radius 3 is 2.73 bits per heavy atom. The summed E-state index contributed by atoms with van der Waals surface area (Å²) in [5.74, 6) is -0.128. The predicted octanol–water partition coefficient (Wildman–Crippen LogP) is 0.779. The molecule has 0 amide bonds. The van der Waals surface area contributed by atoms with Crippen LogP contribution >= 0.6 is 0 Å². The lowest BCUT2D eigenvalue weighted by atomic mass is 10.1. The van der Waals surface area contributed by atoms with Crippen LogP contribution in [0.1, 0.15) is 27.2 Å². The first kappa shape index (κ1) is 12.5. The van der Waals surface area contributed by atoms with E-state index in [1.165, 1.54) is 0 Å². The van der Waals surface area contributed by atoms with Crippen molar-refractivity contribution in [3.63, 3.8) is 0 Å². The van der Waals surface area contributed by atoms with E-state index in [1.54, 1.807) is 0 Å². The van der Waals surface area contributed by atoms with Gasteiger partial charge in [-0.05, 0) is 26.3 Å². The van der Waals surface area contributed by atoms with Gasteiger partial charge < -0.3 is 10.4 Å². The fraction of sp³-hybridized carbons (Fsp3) is 0.909. The second-order valence-electron chi connectivity index (χ2n) is 4.86. The Morgan fingerprint density at radius 1 is 1.53 bits per heavy atom. The van der Waals surface area contributed by atoms with Gasteiger partial charge in [0.1, 0.15) is 0 Å². The van der Waals surface area contributed by atoms with Crippen molar-refractivity contribution >= 4 is 5.97 Å². The smallest absolute Gasteiger partial charge is 0.304 e. The average Bonchev–Trinajstić information content (AvgIpc) is 2.27. The molecule has 1 aliphatic heterocycles. The highest BCUT2D eigenvalue weighted by Gasteiger charge is 2.24. The molecule has 0 aromatic rings. The largest absolute Gasteiger partial charge is 0.481 e. The SMILES string of the molecule is CC1CNC(CC(=O)O)CN(C(C)C)C1. The maximum Gasteiger partial charge on any atom is 0.304 e. The van der Waals surface area contributed by atoms with Gasteiger partial charge >= 0.3 is 5.97 Å². The standard InChI is InChI=1S/C11H22N2O2/c1-8(2)13-6-9(3)5-12-10(7-13)4-11(14)15/h8-10,12H,4-7H2,1-3H3,(H,14,15).